The molecule has 3 aromatic rings. The molecule has 0 atom stereocenters. The first-order chi connectivity index (χ1) is 13.5. The number of amides is 1. The van der Waals surface area contributed by atoms with E-state index in [1.54, 1.807) is 11.0 Å². The molecule has 0 unspecified atom stereocenters. The molecule has 1 aliphatic rings. The van der Waals surface area contributed by atoms with Crippen LogP contribution >= 0.6 is 15.9 Å². The van der Waals surface area contributed by atoms with Gasteiger partial charge in [0.1, 0.15) is 6.54 Å². The highest BCUT2D eigenvalue weighted by atomic mass is 79.9. The highest BCUT2D eigenvalue weighted by molar-refractivity contribution is 9.10. The van der Waals surface area contributed by atoms with Crippen molar-refractivity contribution in [2.45, 2.75) is 26.3 Å². The predicted molar refractivity (Wildman–Crippen MR) is 113 cm³/mol. The summed E-state index contributed by atoms with van der Waals surface area (Å²) in [5.74, 6) is -0.118. The molecule has 28 heavy (non-hydrogen) atoms. The van der Waals surface area contributed by atoms with Gasteiger partial charge in [-0.15, -0.1) is 0 Å². The minimum absolute atomic E-state index is 0.0729. The summed E-state index contributed by atoms with van der Waals surface area (Å²) in [6, 6.07) is 17.0. The number of carbonyl (C=O) groups is 1. The number of aryl methyl sites for hydroxylation is 2. The average Bonchev–Trinajstić information content (AvgIpc) is 2.69. The van der Waals surface area contributed by atoms with Gasteiger partial charge in [-0.2, -0.15) is 5.10 Å². The largest absolute Gasteiger partial charge is 0.311 e. The summed E-state index contributed by atoms with van der Waals surface area (Å²) >= 11 is 3.41. The Morgan fingerprint density at radius 3 is 2.68 bits per heavy atom. The number of aromatic nitrogens is 2. The molecular weight excluding hydrogens is 418 g/mol. The van der Waals surface area contributed by atoms with Crippen LogP contribution in [0, 0.1) is 6.92 Å². The van der Waals surface area contributed by atoms with E-state index in [2.05, 4.69) is 34.0 Å². The van der Waals surface area contributed by atoms with Crippen molar-refractivity contribution < 1.29 is 4.79 Å². The Morgan fingerprint density at radius 1 is 1.11 bits per heavy atom. The molecule has 1 aliphatic heterocycles. The van der Waals surface area contributed by atoms with E-state index in [9.17, 15) is 9.59 Å². The molecule has 0 radical (unpaired) electrons. The van der Waals surface area contributed by atoms with Gasteiger partial charge in [0, 0.05) is 28.3 Å². The van der Waals surface area contributed by atoms with Crippen molar-refractivity contribution in [1.29, 1.82) is 0 Å². The van der Waals surface area contributed by atoms with Gasteiger partial charge in [-0.3, -0.25) is 9.59 Å². The van der Waals surface area contributed by atoms with Crippen LogP contribution < -0.4 is 10.5 Å². The second-order valence-corrected chi connectivity index (χ2v) is 7.92. The Bertz CT molecular complexity index is 1090. The summed E-state index contributed by atoms with van der Waals surface area (Å²) in [4.78, 5) is 27.0. The molecule has 0 fully saturated rings. The minimum atomic E-state index is -0.282. The van der Waals surface area contributed by atoms with Gasteiger partial charge in [0.25, 0.3) is 5.56 Å². The molecule has 5 nitrogen and oxygen atoms in total. The Labute approximate surface area is 171 Å². The van der Waals surface area contributed by atoms with E-state index < -0.39 is 0 Å². The quantitative estimate of drug-likeness (QED) is 0.622. The average molecular weight is 438 g/mol. The molecule has 0 saturated heterocycles. The number of nitrogens with zero attached hydrogens (tertiary/aromatic N) is 3. The number of carbonyl (C=O) groups excluding carboxylic acids is 1. The third-order valence-corrected chi connectivity index (χ3v) is 5.47. The number of rotatable bonds is 3. The molecule has 0 bridgehead atoms. The molecule has 142 valence electrons. The summed E-state index contributed by atoms with van der Waals surface area (Å²) in [5.41, 5.74) is 4.59. The highest BCUT2D eigenvalue weighted by Gasteiger charge is 2.23. The van der Waals surface area contributed by atoms with Crippen molar-refractivity contribution in [3.05, 3.63) is 80.6 Å². The molecule has 2 aromatic carbocycles. The first-order valence-corrected chi connectivity index (χ1v) is 10.0. The van der Waals surface area contributed by atoms with Crippen LogP contribution in [0.2, 0.25) is 0 Å². The van der Waals surface area contributed by atoms with Crippen LogP contribution in [0.15, 0.2) is 63.9 Å². The zero-order chi connectivity index (χ0) is 19.7. The van der Waals surface area contributed by atoms with Crippen LogP contribution in [-0.2, 0) is 17.8 Å². The van der Waals surface area contributed by atoms with Crippen molar-refractivity contribution in [3.63, 3.8) is 0 Å². The molecule has 0 spiro atoms. The lowest BCUT2D eigenvalue weighted by Gasteiger charge is -2.30. The van der Waals surface area contributed by atoms with E-state index in [-0.39, 0.29) is 18.0 Å². The van der Waals surface area contributed by atoms with Crippen molar-refractivity contribution in [3.8, 4) is 11.3 Å². The van der Waals surface area contributed by atoms with E-state index >= 15 is 0 Å². The van der Waals surface area contributed by atoms with Gasteiger partial charge < -0.3 is 4.90 Å². The van der Waals surface area contributed by atoms with Gasteiger partial charge in [-0.1, -0.05) is 45.8 Å². The number of benzene rings is 2. The third-order valence-electron chi connectivity index (χ3n) is 4.95. The number of hydrogen-bond acceptors (Lipinski definition) is 3. The molecule has 1 aromatic heterocycles. The second-order valence-electron chi connectivity index (χ2n) is 7.00. The van der Waals surface area contributed by atoms with Gasteiger partial charge >= 0.3 is 0 Å². The molecule has 0 aliphatic carbocycles. The fourth-order valence-corrected chi connectivity index (χ4v) is 3.80. The normalized spacial score (nSPS) is 13.3. The summed E-state index contributed by atoms with van der Waals surface area (Å²) in [5, 5.41) is 4.42. The third kappa shape index (κ3) is 3.78. The maximum absolute atomic E-state index is 13.0. The fourth-order valence-electron chi connectivity index (χ4n) is 3.54. The van der Waals surface area contributed by atoms with E-state index in [1.807, 2.05) is 36.4 Å². The molecule has 1 amide bonds. The smallest absolute Gasteiger partial charge is 0.267 e. The Morgan fingerprint density at radius 2 is 1.89 bits per heavy atom. The van der Waals surface area contributed by atoms with Gasteiger partial charge in [-0.25, -0.2) is 4.68 Å². The fraction of sp³-hybridized carbons (Fsp3) is 0.227. The van der Waals surface area contributed by atoms with Crippen molar-refractivity contribution in [1.82, 2.24) is 9.78 Å². The van der Waals surface area contributed by atoms with Gasteiger partial charge in [0.2, 0.25) is 5.91 Å². The molecular formula is C22H20BrN3O2. The molecule has 6 heteroatoms. The van der Waals surface area contributed by atoms with Crippen molar-refractivity contribution in [2.75, 3.05) is 11.4 Å². The van der Waals surface area contributed by atoms with Crippen LogP contribution in [0.1, 0.15) is 17.5 Å². The lowest BCUT2D eigenvalue weighted by molar-refractivity contribution is -0.119. The lowest BCUT2D eigenvalue weighted by atomic mass is 9.99. The van der Waals surface area contributed by atoms with E-state index in [4.69, 9.17) is 0 Å². The van der Waals surface area contributed by atoms with Crippen LogP contribution in [-0.4, -0.2) is 22.2 Å². The summed E-state index contributed by atoms with van der Waals surface area (Å²) < 4.78 is 2.22. The van der Waals surface area contributed by atoms with Gasteiger partial charge in [0.05, 0.1) is 5.69 Å². The lowest BCUT2D eigenvalue weighted by Crippen LogP contribution is -2.40. The van der Waals surface area contributed by atoms with Crippen LogP contribution in [0.4, 0.5) is 5.69 Å². The number of fused-ring (bicyclic) bond motifs is 1. The summed E-state index contributed by atoms with van der Waals surface area (Å²) in [6.07, 6.45) is 1.89. The SMILES string of the molecule is Cc1ccc2c(c1)CCCN2C(=O)Cn1nc(-c2ccc(Br)cc2)ccc1=O. The molecule has 4 rings (SSSR count). The molecule has 0 saturated carbocycles. The number of hydrogen-bond donors (Lipinski definition) is 0. The topological polar surface area (TPSA) is 55.2 Å². The zero-order valence-corrected chi connectivity index (χ0v) is 17.1. The summed E-state index contributed by atoms with van der Waals surface area (Å²) in [6.45, 7) is 2.64. The van der Waals surface area contributed by atoms with Gasteiger partial charge in [-0.05, 0) is 49.6 Å². The first-order valence-electron chi connectivity index (χ1n) is 9.25. The predicted octanol–water partition coefficient (Wildman–Crippen LogP) is 3.96. The van der Waals surface area contributed by atoms with Gasteiger partial charge in [0.15, 0.2) is 0 Å². The second kappa shape index (κ2) is 7.72. The van der Waals surface area contributed by atoms with E-state index in [0.717, 1.165) is 28.6 Å². The van der Waals surface area contributed by atoms with E-state index in [1.165, 1.54) is 21.9 Å². The Kier molecular flexibility index (Phi) is 5.13. The van der Waals surface area contributed by atoms with Crippen LogP contribution in [0.25, 0.3) is 11.3 Å². The monoisotopic (exact) mass is 437 g/mol. The number of halogens is 1. The zero-order valence-electron chi connectivity index (χ0n) is 15.6. The van der Waals surface area contributed by atoms with Crippen LogP contribution in [0.5, 0.6) is 0 Å². The maximum atomic E-state index is 13.0. The molecule has 0 N–H and O–H groups in total. The maximum Gasteiger partial charge on any atom is 0.267 e. The standard InChI is InChI=1S/C22H20BrN3O2/c1-15-4-10-20-17(13-15)3-2-12-25(20)22(28)14-26-21(27)11-9-19(24-26)16-5-7-18(23)8-6-16/h4-11,13H,2-3,12,14H2,1H3. The highest BCUT2D eigenvalue weighted by Crippen LogP contribution is 2.28. The minimum Gasteiger partial charge on any atom is -0.311 e. The van der Waals surface area contributed by atoms with Crippen LogP contribution in [0.3, 0.4) is 0 Å². The van der Waals surface area contributed by atoms with E-state index in [0.29, 0.717) is 12.2 Å². The Balaban J connectivity index is 1.61. The molecule has 2 heterocycles. The van der Waals surface area contributed by atoms with Crippen molar-refractivity contribution >= 4 is 27.5 Å². The Hall–Kier alpha value is -2.73. The van der Waals surface area contributed by atoms with Crippen molar-refractivity contribution in [2.24, 2.45) is 0 Å². The first kappa shape index (κ1) is 18.6. The summed E-state index contributed by atoms with van der Waals surface area (Å²) in [7, 11) is 0. The number of anilines is 1.